The first kappa shape index (κ1) is 18.7. The molecule has 0 heterocycles. The Morgan fingerprint density at radius 3 is 2.37 bits per heavy atom. The molecule has 1 saturated carbocycles. The summed E-state index contributed by atoms with van der Waals surface area (Å²) in [6.45, 7) is 11.9. The summed E-state index contributed by atoms with van der Waals surface area (Å²) in [4.78, 5) is 0. The standard InChI is InChI=1S/C16H25I3/c1-6-11(17)8-13-10(3)12(7-2)14(9-15(18)19)16(13,4)5/h6,8,10,12,14-15H,7,9H2,1-5H3/b11-6+,13-8+. The van der Waals surface area contributed by atoms with Gasteiger partial charge in [0.15, 0.2) is 0 Å². The Labute approximate surface area is 160 Å². The molecule has 0 aromatic carbocycles. The quantitative estimate of drug-likeness (QED) is 0.238. The smallest absolute Gasteiger partial charge is 0.0629 e. The van der Waals surface area contributed by atoms with Gasteiger partial charge in [0.1, 0.15) is 0 Å². The second kappa shape index (κ2) is 7.79. The van der Waals surface area contributed by atoms with E-state index in [-0.39, 0.29) is 0 Å². The van der Waals surface area contributed by atoms with Gasteiger partial charge in [0.25, 0.3) is 0 Å². The summed E-state index contributed by atoms with van der Waals surface area (Å²) in [5.74, 6) is 2.38. The number of hydrogen-bond acceptors (Lipinski definition) is 0. The van der Waals surface area contributed by atoms with Crippen molar-refractivity contribution in [2.24, 2.45) is 23.2 Å². The predicted octanol–water partition coefficient (Wildman–Crippen LogP) is 7.16. The number of halogens is 3. The van der Waals surface area contributed by atoms with Crippen molar-refractivity contribution >= 4 is 67.8 Å². The normalized spacial score (nSPS) is 33.4. The monoisotopic (exact) mass is 598 g/mol. The molecule has 0 aromatic rings. The number of alkyl halides is 2. The van der Waals surface area contributed by atoms with Gasteiger partial charge in [-0.05, 0) is 65.2 Å². The minimum Gasteiger partial charge on any atom is -0.0743 e. The largest absolute Gasteiger partial charge is 0.0743 e. The molecule has 1 aliphatic rings. The Kier molecular flexibility index (Phi) is 7.67. The van der Waals surface area contributed by atoms with Gasteiger partial charge in [0.2, 0.25) is 0 Å². The molecule has 1 aliphatic carbocycles. The Hall–Kier alpha value is 1.67. The summed E-state index contributed by atoms with van der Waals surface area (Å²) < 4.78 is 2.12. The maximum Gasteiger partial charge on any atom is 0.0629 e. The van der Waals surface area contributed by atoms with E-state index in [1.165, 1.54) is 16.4 Å². The second-order valence-electron chi connectivity index (χ2n) is 6.09. The molecule has 0 aliphatic heterocycles. The van der Waals surface area contributed by atoms with Crippen LogP contribution in [0.15, 0.2) is 21.3 Å². The zero-order chi connectivity index (χ0) is 14.8. The molecule has 110 valence electrons. The summed E-state index contributed by atoms with van der Waals surface area (Å²) in [7, 11) is 0. The molecule has 19 heavy (non-hydrogen) atoms. The predicted molar refractivity (Wildman–Crippen MR) is 113 cm³/mol. The van der Waals surface area contributed by atoms with E-state index in [1.54, 1.807) is 5.57 Å². The SMILES string of the molecule is C/C=C(I)\C=C1/C(C)C(CC)C(CC(I)I)C1(C)C. The van der Waals surface area contributed by atoms with Crippen molar-refractivity contribution in [3.8, 4) is 0 Å². The molecule has 1 rings (SSSR count). The third-order valence-corrected chi connectivity index (χ3v) is 6.74. The van der Waals surface area contributed by atoms with E-state index in [2.05, 4.69) is 115 Å². The lowest BCUT2D eigenvalue weighted by atomic mass is 9.75. The lowest BCUT2D eigenvalue weighted by Gasteiger charge is -2.32. The van der Waals surface area contributed by atoms with Gasteiger partial charge in [-0.15, -0.1) is 0 Å². The van der Waals surface area contributed by atoms with E-state index < -0.39 is 0 Å². The fraction of sp³-hybridized carbons (Fsp3) is 0.750. The zero-order valence-corrected chi connectivity index (χ0v) is 19.0. The van der Waals surface area contributed by atoms with Crippen LogP contribution in [-0.2, 0) is 0 Å². The maximum absolute atomic E-state index is 2.58. The summed E-state index contributed by atoms with van der Waals surface area (Å²) in [5.41, 5.74) is 2.01. The van der Waals surface area contributed by atoms with Gasteiger partial charge in [-0.25, -0.2) is 0 Å². The van der Waals surface area contributed by atoms with Crippen molar-refractivity contribution in [3.63, 3.8) is 0 Å². The van der Waals surface area contributed by atoms with E-state index >= 15 is 0 Å². The average Bonchev–Trinajstić information content (AvgIpc) is 2.49. The molecule has 3 atom stereocenters. The first-order valence-electron chi connectivity index (χ1n) is 7.07. The number of rotatable bonds is 4. The van der Waals surface area contributed by atoms with Gasteiger partial charge >= 0.3 is 0 Å². The van der Waals surface area contributed by atoms with Gasteiger partial charge < -0.3 is 0 Å². The summed E-state index contributed by atoms with van der Waals surface area (Å²) in [6.07, 6.45) is 7.30. The Bertz CT molecular complexity index is 366. The van der Waals surface area contributed by atoms with Crippen LogP contribution in [-0.4, -0.2) is 1.93 Å². The van der Waals surface area contributed by atoms with Crippen molar-refractivity contribution in [2.75, 3.05) is 0 Å². The Morgan fingerprint density at radius 1 is 1.37 bits per heavy atom. The van der Waals surface area contributed by atoms with Crippen LogP contribution < -0.4 is 0 Å². The fourth-order valence-electron chi connectivity index (χ4n) is 3.76. The van der Waals surface area contributed by atoms with Gasteiger partial charge in [0.05, 0.1) is 1.93 Å². The number of hydrogen-bond donors (Lipinski definition) is 0. The lowest BCUT2D eigenvalue weighted by molar-refractivity contribution is 0.218. The second-order valence-corrected chi connectivity index (χ2v) is 12.7. The van der Waals surface area contributed by atoms with Crippen LogP contribution in [0.3, 0.4) is 0 Å². The molecule has 0 radical (unpaired) electrons. The Morgan fingerprint density at radius 2 is 1.95 bits per heavy atom. The van der Waals surface area contributed by atoms with Crippen molar-refractivity contribution in [2.45, 2.75) is 49.4 Å². The molecule has 0 nitrogen and oxygen atoms in total. The third-order valence-electron chi connectivity index (χ3n) is 4.79. The van der Waals surface area contributed by atoms with E-state index in [1.807, 2.05) is 0 Å². The van der Waals surface area contributed by atoms with Crippen LogP contribution in [0, 0.1) is 23.2 Å². The number of allylic oxidation sites excluding steroid dienone is 4. The third kappa shape index (κ3) is 4.33. The van der Waals surface area contributed by atoms with Crippen molar-refractivity contribution < 1.29 is 0 Å². The highest BCUT2D eigenvalue weighted by Gasteiger charge is 2.48. The topological polar surface area (TPSA) is 0 Å². The highest BCUT2D eigenvalue weighted by molar-refractivity contribution is 14.2. The average molecular weight is 598 g/mol. The minimum absolute atomic E-state index is 0.341. The molecule has 3 heteroatoms. The molecule has 0 saturated heterocycles. The van der Waals surface area contributed by atoms with Gasteiger partial charge in [-0.1, -0.05) is 90.9 Å². The first-order chi connectivity index (χ1) is 8.75. The van der Waals surface area contributed by atoms with Crippen molar-refractivity contribution in [1.29, 1.82) is 0 Å². The highest BCUT2D eigenvalue weighted by Crippen LogP contribution is 2.57. The molecule has 1 fully saturated rings. The van der Waals surface area contributed by atoms with Crippen LogP contribution in [0.2, 0.25) is 0 Å². The molecule has 0 bridgehead atoms. The van der Waals surface area contributed by atoms with Crippen LogP contribution in [0.4, 0.5) is 0 Å². The van der Waals surface area contributed by atoms with Gasteiger partial charge in [0, 0.05) is 3.58 Å². The molecule has 0 N–H and O–H groups in total. The fourth-order valence-corrected chi connectivity index (χ4v) is 5.20. The van der Waals surface area contributed by atoms with E-state index in [0.29, 0.717) is 5.41 Å². The lowest BCUT2D eigenvalue weighted by Crippen LogP contribution is -2.24. The van der Waals surface area contributed by atoms with Gasteiger partial charge in [-0.2, -0.15) is 0 Å². The highest BCUT2D eigenvalue weighted by atomic mass is 127. The minimum atomic E-state index is 0.341. The van der Waals surface area contributed by atoms with E-state index in [9.17, 15) is 0 Å². The van der Waals surface area contributed by atoms with Crippen LogP contribution >= 0.6 is 67.8 Å². The molecule has 0 aromatic heterocycles. The summed E-state index contributed by atoms with van der Waals surface area (Å²) >= 11 is 7.61. The molecule has 3 unspecified atom stereocenters. The first-order valence-corrected chi connectivity index (χ1v) is 10.6. The van der Waals surface area contributed by atoms with Crippen LogP contribution in [0.1, 0.15) is 47.5 Å². The summed E-state index contributed by atoms with van der Waals surface area (Å²) in [5, 5.41) is 0. The van der Waals surface area contributed by atoms with Crippen LogP contribution in [0.5, 0.6) is 0 Å². The molecule has 0 amide bonds. The summed E-state index contributed by atoms with van der Waals surface area (Å²) in [6, 6.07) is 0. The van der Waals surface area contributed by atoms with Crippen molar-refractivity contribution in [3.05, 3.63) is 21.3 Å². The molecular formula is C16H25I3. The Balaban J connectivity index is 3.18. The zero-order valence-electron chi connectivity index (χ0n) is 12.5. The van der Waals surface area contributed by atoms with E-state index in [4.69, 9.17) is 0 Å². The van der Waals surface area contributed by atoms with Crippen LogP contribution in [0.25, 0.3) is 0 Å². The molecule has 0 spiro atoms. The van der Waals surface area contributed by atoms with Crippen molar-refractivity contribution in [1.82, 2.24) is 0 Å². The van der Waals surface area contributed by atoms with Gasteiger partial charge in [-0.3, -0.25) is 0 Å². The maximum atomic E-state index is 2.58. The molecular weight excluding hydrogens is 573 g/mol. The van der Waals surface area contributed by atoms with E-state index in [0.717, 1.165) is 19.7 Å².